The Balaban J connectivity index is 2.05. The summed E-state index contributed by atoms with van der Waals surface area (Å²) in [6.45, 7) is 0. The summed E-state index contributed by atoms with van der Waals surface area (Å²) in [6.07, 6.45) is -6.69. The van der Waals surface area contributed by atoms with Crippen LogP contribution in [-0.4, -0.2) is 15.4 Å². The van der Waals surface area contributed by atoms with E-state index >= 15 is 0 Å². The van der Waals surface area contributed by atoms with Crippen LogP contribution in [0.15, 0.2) is 42.5 Å². The Labute approximate surface area is 160 Å². The molecular weight excluding hydrogens is 398 g/mol. The van der Waals surface area contributed by atoms with Gasteiger partial charge in [0.2, 0.25) is 0 Å². The summed E-state index contributed by atoms with van der Waals surface area (Å²) in [5.41, 5.74) is -1.88. The van der Waals surface area contributed by atoms with Gasteiger partial charge >= 0.3 is 12.4 Å². The van der Waals surface area contributed by atoms with E-state index in [2.05, 4.69) is 15.4 Å². The number of nitriles is 1. The molecule has 1 aromatic heterocycles. The fourth-order valence-electron chi connectivity index (χ4n) is 2.57. The van der Waals surface area contributed by atoms with Crippen molar-refractivity contribution in [1.29, 1.82) is 5.26 Å². The second-order valence-corrected chi connectivity index (χ2v) is 5.93. The van der Waals surface area contributed by atoms with Crippen LogP contribution >= 0.6 is 0 Å². The van der Waals surface area contributed by atoms with Gasteiger partial charge in [-0.1, -0.05) is 24.3 Å². The number of nitrogens with one attached hydrogen (secondary N) is 1. The molecule has 0 aliphatic heterocycles. The van der Waals surface area contributed by atoms with Crippen molar-refractivity contribution in [2.45, 2.75) is 12.4 Å². The predicted octanol–water partition coefficient (Wildman–Crippen LogP) is 5.55. The number of rotatable bonds is 3. The highest BCUT2D eigenvalue weighted by Crippen LogP contribution is 2.34. The zero-order valence-electron chi connectivity index (χ0n) is 14.3. The summed E-state index contributed by atoms with van der Waals surface area (Å²) in [7, 11) is 0. The minimum atomic E-state index is -4.68. The van der Waals surface area contributed by atoms with E-state index in [9.17, 15) is 26.3 Å². The number of hydrogen-bond acceptors (Lipinski definition) is 3. The number of benzene rings is 2. The van der Waals surface area contributed by atoms with Gasteiger partial charge in [-0.25, -0.2) is 0 Å². The van der Waals surface area contributed by atoms with Crippen molar-refractivity contribution in [2.24, 2.45) is 0 Å². The molecule has 10 heteroatoms. The Morgan fingerprint density at radius 2 is 1.48 bits per heavy atom. The molecule has 0 radical (unpaired) electrons. The van der Waals surface area contributed by atoms with Crippen LogP contribution in [0, 0.1) is 11.3 Å². The van der Waals surface area contributed by atoms with Crippen molar-refractivity contribution in [1.82, 2.24) is 15.4 Å². The van der Waals surface area contributed by atoms with E-state index in [4.69, 9.17) is 5.26 Å². The van der Waals surface area contributed by atoms with Gasteiger partial charge in [-0.05, 0) is 41.5 Å². The molecule has 3 rings (SSSR count). The average Bonchev–Trinajstić information content (AvgIpc) is 3.14. The molecule has 0 spiro atoms. The van der Waals surface area contributed by atoms with Gasteiger partial charge in [0.15, 0.2) is 5.69 Å². The highest BCUT2D eigenvalue weighted by Gasteiger charge is 2.32. The fraction of sp³-hybridized carbons (Fsp3) is 0.105. The minimum Gasteiger partial charge on any atom is -0.196 e. The number of alkyl halides is 6. The number of halogens is 6. The molecule has 0 atom stereocenters. The lowest BCUT2D eigenvalue weighted by molar-refractivity contribution is -0.138. The first-order valence-electron chi connectivity index (χ1n) is 7.97. The SMILES string of the molecule is N#Cc1n[nH]nc1-c1cc(/C=C/c2cccc(C(F)(F)F)c2)cc(C(F)(F)F)c1. The maximum atomic E-state index is 13.3. The molecule has 0 aliphatic carbocycles. The van der Waals surface area contributed by atoms with Crippen LogP contribution < -0.4 is 0 Å². The highest BCUT2D eigenvalue weighted by atomic mass is 19.4. The molecule has 4 nitrogen and oxygen atoms in total. The molecule has 29 heavy (non-hydrogen) atoms. The summed E-state index contributed by atoms with van der Waals surface area (Å²) in [5, 5.41) is 18.4. The zero-order chi connectivity index (χ0) is 21.2. The maximum Gasteiger partial charge on any atom is 0.416 e. The topological polar surface area (TPSA) is 65.4 Å². The maximum absolute atomic E-state index is 13.3. The molecule has 0 aliphatic rings. The van der Waals surface area contributed by atoms with E-state index in [1.165, 1.54) is 30.4 Å². The molecule has 0 amide bonds. The van der Waals surface area contributed by atoms with E-state index in [-0.39, 0.29) is 28.1 Å². The number of aromatic amines is 1. The van der Waals surface area contributed by atoms with Crippen molar-refractivity contribution in [2.75, 3.05) is 0 Å². The fourth-order valence-corrected chi connectivity index (χ4v) is 2.57. The molecule has 1 N–H and O–H groups in total. The molecule has 1 heterocycles. The third-order valence-corrected chi connectivity index (χ3v) is 3.89. The van der Waals surface area contributed by atoms with Gasteiger partial charge in [0.05, 0.1) is 11.1 Å². The Bertz CT molecular complexity index is 1100. The first kappa shape index (κ1) is 20.1. The van der Waals surface area contributed by atoms with Crippen molar-refractivity contribution in [3.63, 3.8) is 0 Å². The van der Waals surface area contributed by atoms with Crippen LogP contribution in [0.1, 0.15) is 27.9 Å². The first-order valence-corrected chi connectivity index (χ1v) is 7.97. The quantitative estimate of drug-likeness (QED) is 0.456. The zero-order valence-corrected chi connectivity index (χ0v) is 14.3. The molecule has 3 aromatic rings. The summed E-state index contributed by atoms with van der Waals surface area (Å²) < 4.78 is 78.2. The molecular formula is C19H10F6N4. The van der Waals surface area contributed by atoms with Crippen molar-refractivity contribution < 1.29 is 26.3 Å². The summed E-state index contributed by atoms with van der Waals surface area (Å²) in [4.78, 5) is 0. The van der Waals surface area contributed by atoms with Crippen LogP contribution in [0.3, 0.4) is 0 Å². The Morgan fingerprint density at radius 3 is 2.14 bits per heavy atom. The highest BCUT2D eigenvalue weighted by molar-refractivity contribution is 5.75. The smallest absolute Gasteiger partial charge is 0.196 e. The Morgan fingerprint density at radius 1 is 0.828 bits per heavy atom. The van der Waals surface area contributed by atoms with E-state index in [1.54, 1.807) is 6.07 Å². The van der Waals surface area contributed by atoms with Crippen LogP contribution in [0.5, 0.6) is 0 Å². The van der Waals surface area contributed by atoms with Crippen LogP contribution in [-0.2, 0) is 12.4 Å². The number of aromatic nitrogens is 3. The lowest BCUT2D eigenvalue weighted by atomic mass is 10.0. The van der Waals surface area contributed by atoms with Gasteiger partial charge in [0.1, 0.15) is 11.8 Å². The average molecular weight is 408 g/mol. The molecule has 0 fully saturated rings. The molecule has 2 aromatic carbocycles. The van der Waals surface area contributed by atoms with Gasteiger partial charge < -0.3 is 0 Å². The third-order valence-electron chi connectivity index (χ3n) is 3.89. The van der Waals surface area contributed by atoms with Gasteiger partial charge in [-0.3, -0.25) is 0 Å². The standard InChI is InChI=1S/C19H10F6N4/c20-18(21,22)14-3-1-2-11(7-14)4-5-12-6-13(9-15(8-12)19(23,24)25)17-16(10-26)27-29-28-17/h1-9H,(H,27,28,29)/b5-4+. The van der Waals surface area contributed by atoms with Gasteiger partial charge in [0.25, 0.3) is 0 Å². The van der Waals surface area contributed by atoms with E-state index in [1.807, 2.05) is 0 Å². The number of hydrogen-bond donors (Lipinski definition) is 1. The molecule has 0 saturated heterocycles. The monoisotopic (exact) mass is 408 g/mol. The minimum absolute atomic E-state index is 0.00572. The molecule has 0 bridgehead atoms. The van der Waals surface area contributed by atoms with E-state index in [0.717, 1.165) is 24.3 Å². The van der Waals surface area contributed by atoms with Crippen molar-refractivity contribution >= 4 is 12.2 Å². The number of nitrogens with zero attached hydrogens (tertiary/aromatic N) is 3. The summed E-state index contributed by atoms with van der Waals surface area (Å²) in [6, 6.07) is 9.10. The molecule has 0 saturated carbocycles. The van der Waals surface area contributed by atoms with Crippen molar-refractivity contribution in [3.8, 4) is 17.3 Å². The van der Waals surface area contributed by atoms with Crippen LogP contribution in [0.25, 0.3) is 23.4 Å². The van der Waals surface area contributed by atoms with Gasteiger partial charge in [0, 0.05) is 5.56 Å². The molecule has 148 valence electrons. The Kier molecular flexibility index (Phi) is 5.16. The van der Waals surface area contributed by atoms with E-state index in [0.29, 0.717) is 0 Å². The van der Waals surface area contributed by atoms with E-state index < -0.39 is 23.5 Å². The number of H-pyrrole nitrogens is 1. The van der Waals surface area contributed by atoms with Gasteiger partial charge in [-0.2, -0.15) is 41.9 Å². The summed E-state index contributed by atoms with van der Waals surface area (Å²) in [5.74, 6) is 0. The second-order valence-electron chi connectivity index (χ2n) is 5.93. The summed E-state index contributed by atoms with van der Waals surface area (Å²) >= 11 is 0. The van der Waals surface area contributed by atoms with Crippen LogP contribution in [0.4, 0.5) is 26.3 Å². The predicted molar refractivity (Wildman–Crippen MR) is 91.9 cm³/mol. The normalized spacial score (nSPS) is 12.3. The third kappa shape index (κ3) is 4.63. The lowest BCUT2D eigenvalue weighted by Crippen LogP contribution is -2.05. The van der Waals surface area contributed by atoms with Gasteiger partial charge in [-0.15, -0.1) is 5.10 Å². The second kappa shape index (κ2) is 7.43. The largest absolute Gasteiger partial charge is 0.416 e. The molecule has 0 unspecified atom stereocenters. The Hall–Kier alpha value is -3.61. The van der Waals surface area contributed by atoms with Crippen LogP contribution in [0.2, 0.25) is 0 Å². The van der Waals surface area contributed by atoms with Crippen molar-refractivity contribution in [3.05, 3.63) is 70.4 Å². The lowest BCUT2D eigenvalue weighted by Gasteiger charge is -2.10. The first-order chi connectivity index (χ1) is 13.6.